The Morgan fingerprint density at radius 3 is 2.91 bits per heavy atom. The Kier molecular flexibility index (Phi) is 6.95. The SMILES string of the molecule is COc1ccc2ccc(=O)n(CCN3CC(CNCc4cnc5c(n4)NC(=O)CS5)[C@H](O)C3)c2n1. The maximum absolute atomic E-state index is 12.5. The fourth-order valence-electron chi connectivity index (χ4n) is 4.41. The van der Waals surface area contributed by atoms with Gasteiger partial charge < -0.3 is 20.5 Å². The molecular formula is C23H27N7O4S. The number of likely N-dealkylation sites (tertiary alicyclic amines) is 1. The molecule has 0 aliphatic carbocycles. The predicted molar refractivity (Wildman–Crippen MR) is 132 cm³/mol. The third-order valence-corrected chi connectivity index (χ3v) is 7.22. The van der Waals surface area contributed by atoms with E-state index in [-0.39, 0.29) is 17.4 Å². The molecule has 1 fully saturated rings. The zero-order valence-corrected chi connectivity index (χ0v) is 20.1. The molecule has 0 bridgehead atoms. The van der Waals surface area contributed by atoms with E-state index in [1.807, 2.05) is 6.07 Å². The number of ether oxygens (including phenoxy) is 1. The standard InChI is InChI=1S/C23H27N7O4S/c1-34-19-4-2-14-3-5-20(33)30(22(14)28-19)7-6-29-11-15(17(31)12-29)8-24-9-16-10-25-23-21(26-16)27-18(32)13-35-23/h2-5,10,15,17,24,31H,6-9,11-13H2,1H3,(H,26,27,32)/t15?,17-/m1/s1. The summed E-state index contributed by atoms with van der Waals surface area (Å²) >= 11 is 1.38. The molecule has 2 aliphatic rings. The van der Waals surface area contributed by atoms with E-state index in [1.54, 1.807) is 36.1 Å². The van der Waals surface area contributed by atoms with Crippen LogP contribution in [0.4, 0.5) is 5.82 Å². The van der Waals surface area contributed by atoms with Crippen LogP contribution in [0.3, 0.4) is 0 Å². The van der Waals surface area contributed by atoms with Gasteiger partial charge in [0, 0.05) is 62.7 Å². The van der Waals surface area contributed by atoms with E-state index < -0.39 is 6.10 Å². The van der Waals surface area contributed by atoms with E-state index in [0.717, 1.165) is 16.1 Å². The lowest BCUT2D eigenvalue weighted by molar-refractivity contribution is -0.113. The van der Waals surface area contributed by atoms with Gasteiger partial charge in [-0.1, -0.05) is 11.8 Å². The molecule has 5 rings (SSSR count). The summed E-state index contributed by atoms with van der Waals surface area (Å²) in [5.41, 5.74) is 1.21. The van der Waals surface area contributed by atoms with Crippen molar-refractivity contribution in [3.05, 3.63) is 46.5 Å². The van der Waals surface area contributed by atoms with E-state index >= 15 is 0 Å². The van der Waals surface area contributed by atoms with Crippen LogP contribution in [0.25, 0.3) is 11.0 Å². The number of hydrogen-bond acceptors (Lipinski definition) is 10. The molecule has 0 spiro atoms. The molecule has 11 nitrogen and oxygen atoms in total. The first-order chi connectivity index (χ1) is 17.0. The highest BCUT2D eigenvalue weighted by Crippen LogP contribution is 2.27. The summed E-state index contributed by atoms with van der Waals surface area (Å²) in [4.78, 5) is 39.6. The molecule has 3 aromatic heterocycles. The number of carbonyl (C=O) groups excluding carboxylic acids is 1. The highest BCUT2D eigenvalue weighted by atomic mass is 32.2. The van der Waals surface area contributed by atoms with Crippen molar-refractivity contribution < 1.29 is 14.6 Å². The third kappa shape index (κ3) is 5.30. The summed E-state index contributed by atoms with van der Waals surface area (Å²) in [7, 11) is 1.55. The van der Waals surface area contributed by atoms with Crippen LogP contribution in [0.1, 0.15) is 5.69 Å². The van der Waals surface area contributed by atoms with Gasteiger partial charge in [-0.15, -0.1) is 0 Å². The van der Waals surface area contributed by atoms with Gasteiger partial charge in [-0.25, -0.2) is 9.97 Å². The normalized spacial score (nSPS) is 20.1. The van der Waals surface area contributed by atoms with Crippen molar-refractivity contribution >= 4 is 34.5 Å². The maximum atomic E-state index is 12.5. The lowest BCUT2D eigenvalue weighted by Crippen LogP contribution is -2.31. The molecule has 0 aromatic carbocycles. The first kappa shape index (κ1) is 23.7. The zero-order chi connectivity index (χ0) is 24.4. The fraction of sp³-hybridized carbons (Fsp3) is 0.435. The minimum absolute atomic E-state index is 0.0540. The largest absolute Gasteiger partial charge is 0.481 e. The van der Waals surface area contributed by atoms with Gasteiger partial charge in [-0.05, 0) is 12.1 Å². The lowest BCUT2D eigenvalue weighted by atomic mass is 10.1. The number of rotatable bonds is 8. The Hall–Kier alpha value is -3.06. The Bertz CT molecular complexity index is 1300. The van der Waals surface area contributed by atoms with Crippen molar-refractivity contribution in [1.29, 1.82) is 0 Å². The smallest absolute Gasteiger partial charge is 0.252 e. The molecular weight excluding hydrogens is 470 g/mol. The van der Waals surface area contributed by atoms with E-state index in [9.17, 15) is 14.7 Å². The van der Waals surface area contributed by atoms with Gasteiger partial charge in [0.2, 0.25) is 11.8 Å². The number of nitrogens with zero attached hydrogens (tertiary/aromatic N) is 5. The molecule has 3 N–H and O–H groups in total. The number of amides is 1. The lowest BCUT2D eigenvalue weighted by Gasteiger charge is -2.18. The van der Waals surface area contributed by atoms with Crippen LogP contribution < -0.4 is 20.9 Å². The van der Waals surface area contributed by atoms with Crippen molar-refractivity contribution in [2.45, 2.75) is 24.2 Å². The highest BCUT2D eigenvalue weighted by Gasteiger charge is 2.30. The van der Waals surface area contributed by atoms with Gasteiger partial charge in [-0.2, -0.15) is 4.98 Å². The number of fused-ring (bicyclic) bond motifs is 2. The second kappa shape index (κ2) is 10.3. The molecule has 1 amide bonds. The molecule has 184 valence electrons. The quantitative estimate of drug-likeness (QED) is 0.399. The average molecular weight is 498 g/mol. The monoisotopic (exact) mass is 497 g/mol. The minimum atomic E-state index is -0.463. The molecule has 2 atom stereocenters. The van der Waals surface area contributed by atoms with Crippen molar-refractivity contribution in [3.63, 3.8) is 0 Å². The van der Waals surface area contributed by atoms with Crippen LogP contribution in [0.15, 0.2) is 40.3 Å². The van der Waals surface area contributed by atoms with Gasteiger partial charge in [0.15, 0.2) is 5.82 Å². The second-order valence-electron chi connectivity index (χ2n) is 8.66. The van der Waals surface area contributed by atoms with Crippen molar-refractivity contribution in [1.82, 2.24) is 29.7 Å². The van der Waals surface area contributed by atoms with Crippen LogP contribution in [0.5, 0.6) is 5.88 Å². The van der Waals surface area contributed by atoms with E-state index in [1.165, 1.54) is 11.8 Å². The Morgan fingerprint density at radius 2 is 2.06 bits per heavy atom. The van der Waals surface area contributed by atoms with Crippen LogP contribution in [-0.4, -0.2) is 80.6 Å². The molecule has 2 aliphatic heterocycles. The number of thioether (sulfide) groups is 1. The first-order valence-electron chi connectivity index (χ1n) is 11.4. The van der Waals surface area contributed by atoms with Gasteiger partial charge in [0.05, 0.1) is 30.9 Å². The minimum Gasteiger partial charge on any atom is -0.481 e. The summed E-state index contributed by atoms with van der Waals surface area (Å²) in [6, 6.07) is 6.98. The molecule has 35 heavy (non-hydrogen) atoms. The second-order valence-corrected chi connectivity index (χ2v) is 9.62. The van der Waals surface area contributed by atoms with Gasteiger partial charge >= 0.3 is 0 Å². The van der Waals surface area contributed by atoms with Gasteiger partial charge in [0.25, 0.3) is 5.56 Å². The summed E-state index contributed by atoms with van der Waals surface area (Å²) in [5.74, 6) is 1.31. The molecule has 0 radical (unpaired) electrons. The molecule has 0 saturated carbocycles. The van der Waals surface area contributed by atoms with E-state index in [2.05, 4.69) is 30.5 Å². The predicted octanol–water partition coefficient (Wildman–Crippen LogP) is 0.322. The topological polar surface area (TPSA) is 134 Å². The van der Waals surface area contributed by atoms with Crippen LogP contribution in [0.2, 0.25) is 0 Å². The summed E-state index contributed by atoms with van der Waals surface area (Å²) in [6.07, 6.45) is 1.24. The van der Waals surface area contributed by atoms with Crippen molar-refractivity contribution in [3.8, 4) is 5.88 Å². The number of hydrogen-bond donors (Lipinski definition) is 3. The Balaban J connectivity index is 1.16. The van der Waals surface area contributed by atoms with E-state index in [4.69, 9.17) is 4.74 Å². The fourth-order valence-corrected chi connectivity index (χ4v) is 5.11. The molecule has 5 heterocycles. The first-order valence-corrected chi connectivity index (χ1v) is 12.4. The number of aliphatic hydroxyl groups is 1. The number of anilines is 1. The number of nitrogens with one attached hydrogen (secondary N) is 2. The Labute approximate surface area is 205 Å². The number of pyridine rings is 2. The number of aromatic nitrogens is 4. The summed E-state index contributed by atoms with van der Waals surface area (Å²) in [6.45, 7) is 3.46. The van der Waals surface area contributed by atoms with Crippen LogP contribution in [-0.2, 0) is 17.9 Å². The number of aliphatic hydroxyl groups excluding tert-OH is 1. The van der Waals surface area contributed by atoms with E-state index in [0.29, 0.717) is 62.4 Å². The maximum Gasteiger partial charge on any atom is 0.252 e. The van der Waals surface area contributed by atoms with Gasteiger partial charge in [-0.3, -0.25) is 19.1 Å². The van der Waals surface area contributed by atoms with Crippen LogP contribution >= 0.6 is 11.8 Å². The summed E-state index contributed by atoms with van der Waals surface area (Å²) < 4.78 is 6.87. The summed E-state index contributed by atoms with van der Waals surface area (Å²) in [5, 5.41) is 18.3. The molecule has 12 heteroatoms. The molecule has 1 saturated heterocycles. The van der Waals surface area contributed by atoms with Crippen LogP contribution in [0, 0.1) is 5.92 Å². The van der Waals surface area contributed by atoms with Crippen molar-refractivity contribution in [2.24, 2.45) is 5.92 Å². The zero-order valence-electron chi connectivity index (χ0n) is 19.3. The van der Waals surface area contributed by atoms with Crippen molar-refractivity contribution in [2.75, 3.05) is 44.4 Å². The number of β-amino-alcohol motifs (C(OH)–C–C–N with tert-alkyl or cyclic N) is 1. The number of methoxy groups -OCH3 is 1. The third-order valence-electron chi connectivity index (χ3n) is 6.24. The molecule has 1 unspecified atom stereocenters. The Morgan fingerprint density at radius 1 is 1.20 bits per heavy atom. The highest BCUT2D eigenvalue weighted by molar-refractivity contribution is 8.00. The average Bonchev–Trinajstić information content (AvgIpc) is 3.21. The van der Waals surface area contributed by atoms with Gasteiger partial charge in [0.1, 0.15) is 10.7 Å². The number of carbonyl (C=O) groups is 1. The molecule has 3 aromatic rings.